The van der Waals surface area contributed by atoms with Crippen LogP contribution in [-0.2, 0) is 9.59 Å². The van der Waals surface area contributed by atoms with Gasteiger partial charge < -0.3 is 16.8 Å². The van der Waals surface area contributed by atoms with Crippen molar-refractivity contribution in [3.8, 4) is 0 Å². The van der Waals surface area contributed by atoms with E-state index in [-0.39, 0.29) is 16.7 Å². The second-order valence-corrected chi connectivity index (χ2v) is 7.21. The Morgan fingerprint density at radius 3 is 2.15 bits per heavy atom. The fraction of sp³-hybridized carbons (Fsp3) is 0.867. The van der Waals surface area contributed by atoms with Crippen LogP contribution in [0, 0.1) is 10.8 Å². The van der Waals surface area contributed by atoms with Crippen molar-refractivity contribution in [3.05, 3.63) is 0 Å². The van der Waals surface area contributed by atoms with E-state index < -0.39 is 11.9 Å². The molecule has 0 aromatic carbocycles. The van der Waals surface area contributed by atoms with Crippen LogP contribution in [0.15, 0.2) is 0 Å². The Morgan fingerprint density at radius 1 is 1.20 bits per heavy atom. The second kappa shape index (κ2) is 6.57. The summed E-state index contributed by atoms with van der Waals surface area (Å²) in [6, 6.07) is -0.645. The molecule has 0 spiro atoms. The topological polar surface area (TPSA) is 98.2 Å². The number of nitrogens with two attached hydrogens (primary N) is 2. The molecule has 1 fully saturated rings. The van der Waals surface area contributed by atoms with Gasteiger partial charge in [0.15, 0.2) is 0 Å². The first kappa shape index (κ1) is 17.0. The quantitative estimate of drug-likeness (QED) is 0.709. The molecule has 0 aromatic heterocycles. The summed E-state index contributed by atoms with van der Waals surface area (Å²) in [5.74, 6) is -0.604. The van der Waals surface area contributed by atoms with Crippen LogP contribution >= 0.6 is 0 Å². The van der Waals surface area contributed by atoms with Crippen molar-refractivity contribution in [3.63, 3.8) is 0 Å². The third-order valence-corrected chi connectivity index (χ3v) is 4.34. The van der Waals surface area contributed by atoms with Crippen LogP contribution in [0.2, 0.25) is 0 Å². The minimum atomic E-state index is -0.645. The van der Waals surface area contributed by atoms with Crippen molar-refractivity contribution in [1.82, 2.24) is 5.32 Å². The second-order valence-electron chi connectivity index (χ2n) is 7.21. The number of amides is 2. The zero-order valence-corrected chi connectivity index (χ0v) is 13.0. The molecule has 5 heteroatoms. The molecule has 5 N–H and O–H groups in total. The molecule has 0 bridgehead atoms. The van der Waals surface area contributed by atoms with Crippen LogP contribution < -0.4 is 16.8 Å². The highest BCUT2D eigenvalue weighted by Gasteiger charge is 2.36. The molecular formula is C15H29N3O2. The largest absolute Gasteiger partial charge is 0.368 e. The summed E-state index contributed by atoms with van der Waals surface area (Å²) < 4.78 is 0. The Labute approximate surface area is 121 Å². The summed E-state index contributed by atoms with van der Waals surface area (Å²) in [6.45, 7) is 6.20. The zero-order chi connectivity index (χ0) is 15.4. The van der Waals surface area contributed by atoms with Crippen LogP contribution in [0.3, 0.4) is 0 Å². The summed E-state index contributed by atoms with van der Waals surface area (Å²) in [6.07, 6.45) is 5.85. The molecule has 5 nitrogen and oxygen atoms in total. The summed E-state index contributed by atoms with van der Waals surface area (Å²) in [5, 5.41) is 2.79. The maximum absolute atomic E-state index is 12.3. The molecule has 116 valence electrons. The molecule has 1 aliphatic carbocycles. The summed E-state index contributed by atoms with van der Waals surface area (Å²) >= 11 is 0. The molecule has 1 unspecified atom stereocenters. The van der Waals surface area contributed by atoms with Gasteiger partial charge in [0, 0.05) is 6.42 Å². The minimum absolute atomic E-state index is 0.0948. The van der Waals surface area contributed by atoms with Gasteiger partial charge in [-0.3, -0.25) is 9.59 Å². The first-order chi connectivity index (χ1) is 9.20. The van der Waals surface area contributed by atoms with Gasteiger partial charge in [0.05, 0.1) is 0 Å². The van der Waals surface area contributed by atoms with E-state index in [0.29, 0.717) is 13.0 Å². The third kappa shape index (κ3) is 4.47. The van der Waals surface area contributed by atoms with Crippen molar-refractivity contribution in [2.24, 2.45) is 22.3 Å². The monoisotopic (exact) mass is 283 g/mol. The lowest BCUT2D eigenvalue weighted by Crippen LogP contribution is -2.53. The van der Waals surface area contributed by atoms with Gasteiger partial charge >= 0.3 is 0 Å². The molecule has 1 saturated carbocycles. The van der Waals surface area contributed by atoms with Gasteiger partial charge in [-0.15, -0.1) is 0 Å². The molecule has 1 aliphatic rings. The molecule has 0 heterocycles. The van der Waals surface area contributed by atoms with E-state index >= 15 is 0 Å². The zero-order valence-electron chi connectivity index (χ0n) is 13.0. The van der Waals surface area contributed by atoms with Crippen LogP contribution in [0.25, 0.3) is 0 Å². The van der Waals surface area contributed by atoms with E-state index in [2.05, 4.69) is 5.32 Å². The molecule has 1 rings (SSSR count). The summed E-state index contributed by atoms with van der Waals surface area (Å²) in [7, 11) is 0. The highest BCUT2D eigenvalue weighted by atomic mass is 16.2. The molecule has 0 radical (unpaired) electrons. The van der Waals surface area contributed by atoms with Gasteiger partial charge in [-0.2, -0.15) is 0 Å². The van der Waals surface area contributed by atoms with Gasteiger partial charge in [-0.05, 0) is 30.2 Å². The van der Waals surface area contributed by atoms with Gasteiger partial charge in [0.25, 0.3) is 0 Å². The SMILES string of the molecule is CC(C)(C)C(NC(=O)CC1(CN)CCCCC1)C(N)=O. The first-order valence-electron chi connectivity index (χ1n) is 7.49. The van der Waals surface area contributed by atoms with Gasteiger partial charge in [-0.25, -0.2) is 0 Å². The Balaban J connectivity index is 2.67. The van der Waals surface area contributed by atoms with Crippen LogP contribution in [0.4, 0.5) is 0 Å². The summed E-state index contributed by atoms with van der Waals surface area (Å²) in [5.41, 5.74) is 10.8. The van der Waals surface area contributed by atoms with Gasteiger partial charge in [-0.1, -0.05) is 40.0 Å². The molecule has 20 heavy (non-hydrogen) atoms. The lowest BCUT2D eigenvalue weighted by molar-refractivity contribution is -0.131. The fourth-order valence-electron chi connectivity index (χ4n) is 3.02. The molecule has 1 atom stereocenters. The van der Waals surface area contributed by atoms with E-state index in [4.69, 9.17) is 11.5 Å². The maximum Gasteiger partial charge on any atom is 0.240 e. The Kier molecular flexibility index (Phi) is 5.57. The third-order valence-electron chi connectivity index (χ3n) is 4.34. The van der Waals surface area contributed by atoms with Gasteiger partial charge in [0.2, 0.25) is 11.8 Å². The number of hydrogen-bond donors (Lipinski definition) is 3. The van der Waals surface area contributed by atoms with Crippen molar-refractivity contribution < 1.29 is 9.59 Å². The number of carbonyl (C=O) groups excluding carboxylic acids is 2. The van der Waals surface area contributed by atoms with Crippen molar-refractivity contribution in [2.75, 3.05) is 6.54 Å². The Bertz CT molecular complexity index is 355. The van der Waals surface area contributed by atoms with Crippen molar-refractivity contribution in [1.29, 1.82) is 0 Å². The minimum Gasteiger partial charge on any atom is -0.368 e. The number of hydrogen-bond acceptors (Lipinski definition) is 3. The molecule has 0 saturated heterocycles. The van der Waals surface area contributed by atoms with E-state index in [9.17, 15) is 9.59 Å². The Hall–Kier alpha value is -1.10. The predicted molar refractivity (Wildman–Crippen MR) is 79.8 cm³/mol. The Morgan fingerprint density at radius 2 is 1.75 bits per heavy atom. The maximum atomic E-state index is 12.3. The first-order valence-corrected chi connectivity index (χ1v) is 7.49. The van der Waals surface area contributed by atoms with Gasteiger partial charge in [0.1, 0.15) is 6.04 Å². The summed E-state index contributed by atoms with van der Waals surface area (Å²) in [4.78, 5) is 23.8. The van der Waals surface area contributed by atoms with Crippen molar-refractivity contribution in [2.45, 2.75) is 65.3 Å². The van der Waals surface area contributed by atoms with Crippen LogP contribution in [0.5, 0.6) is 0 Å². The van der Waals surface area contributed by atoms with E-state index in [1.54, 1.807) is 0 Å². The number of nitrogens with one attached hydrogen (secondary N) is 1. The number of primary amides is 1. The lowest BCUT2D eigenvalue weighted by atomic mass is 9.71. The molecule has 2 amide bonds. The normalized spacial score (nSPS) is 20.2. The number of rotatable bonds is 5. The average molecular weight is 283 g/mol. The van der Waals surface area contributed by atoms with E-state index in [0.717, 1.165) is 25.7 Å². The highest BCUT2D eigenvalue weighted by molar-refractivity contribution is 5.87. The highest BCUT2D eigenvalue weighted by Crippen LogP contribution is 2.38. The molecular weight excluding hydrogens is 254 g/mol. The van der Waals surface area contributed by atoms with Crippen LogP contribution in [-0.4, -0.2) is 24.4 Å². The standard InChI is InChI=1S/C15H29N3O2/c1-14(2,3)12(13(17)20)18-11(19)9-15(10-16)7-5-4-6-8-15/h12H,4-10,16H2,1-3H3,(H2,17,20)(H,18,19). The van der Waals surface area contributed by atoms with E-state index in [1.807, 2.05) is 20.8 Å². The predicted octanol–water partition coefficient (Wildman–Crippen LogP) is 1.30. The van der Waals surface area contributed by atoms with Crippen molar-refractivity contribution >= 4 is 11.8 Å². The lowest BCUT2D eigenvalue weighted by Gasteiger charge is -2.37. The fourth-order valence-corrected chi connectivity index (χ4v) is 3.02. The smallest absolute Gasteiger partial charge is 0.240 e. The van der Waals surface area contributed by atoms with Crippen LogP contribution in [0.1, 0.15) is 59.3 Å². The van der Waals surface area contributed by atoms with E-state index in [1.165, 1.54) is 6.42 Å². The molecule has 0 aromatic rings. The number of carbonyl (C=O) groups is 2. The average Bonchev–Trinajstić information content (AvgIpc) is 2.35. The molecule has 0 aliphatic heterocycles.